The highest BCUT2D eigenvalue weighted by molar-refractivity contribution is 5.60. The van der Waals surface area contributed by atoms with Crippen LogP contribution in [0.5, 0.6) is 11.5 Å². The maximum absolute atomic E-state index is 9.90. The fourth-order valence-electron chi connectivity index (χ4n) is 2.02. The van der Waals surface area contributed by atoms with Gasteiger partial charge in [-0.1, -0.05) is 23.4 Å². The molecule has 0 aliphatic heterocycles. The summed E-state index contributed by atoms with van der Waals surface area (Å²) in [6.07, 6.45) is 0. The van der Waals surface area contributed by atoms with E-state index in [2.05, 4.69) is 5.16 Å². The fourth-order valence-corrected chi connectivity index (χ4v) is 2.02. The number of benzene rings is 2. The highest BCUT2D eigenvalue weighted by Gasteiger charge is 2.22. The molecule has 2 aromatic carbocycles. The zero-order valence-electron chi connectivity index (χ0n) is 12.5. The van der Waals surface area contributed by atoms with Crippen LogP contribution in [0.1, 0.15) is 19.6 Å². The molecule has 0 bridgehead atoms. The Labute approximate surface area is 129 Å². The first-order chi connectivity index (χ1) is 10.5. The Morgan fingerprint density at radius 2 is 1.59 bits per heavy atom. The molecule has 0 saturated carbocycles. The van der Waals surface area contributed by atoms with E-state index in [9.17, 15) is 5.11 Å². The molecule has 1 aromatic heterocycles. The van der Waals surface area contributed by atoms with E-state index in [-0.39, 0.29) is 0 Å². The van der Waals surface area contributed by atoms with Crippen molar-refractivity contribution in [3.8, 4) is 22.8 Å². The van der Waals surface area contributed by atoms with Gasteiger partial charge in [0.2, 0.25) is 0 Å². The van der Waals surface area contributed by atoms with Gasteiger partial charge in [-0.25, -0.2) is 0 Å². The fraction of sp³-hybridized carbons (Fsp3) is 0.167. The van der Waals surface area contributed by atoms with Crippen LogP contribution in [-0.2, 0) is 5.60 Å². The lowest BCUT2D eigenvalue weighted by atomic mass is 10.1. The van der Waals surface area contributed by atoms with Crippen molar-refractivity contribution < 1.29 is 14.4 Å². The van der Waals surface area contributed by atoms with Gasteiger partial charge in [0.25, 0.3) is 0 Å². The summed E-state index contributed by atoms with van der Waals surface area (Å²) in [4.78, 5) is 0. The minimum atomic E-state index is -1.04. The number of aliphatic hydroxyl groups is 1. The molecule has 3 aromatic rings. The van der Waals surface area contributed by atoms with Crippen molar-refractivity contribution >= 4 is 0 Å². The van der Waals surface area contributed by atoms with Gasteiger partial charge in [-0.15, -0.1) is 0 Å². The van der Waals surface area contributed by atoms with Crippen molar-refractivity contribution in [2.24, 2.45) is 0 Å². The molecule has 0 aliphatic rings. The molecule has 112 valence electrons. The van der Waals surface area contributed by atoms with Crippen molar-refractivity contribution in [3.05, 3.63) is 66.4 Å². The molecule has 0 radical (unpaired) electrons. The Kier molecular flexibility index (Phi) is 3.69. The smallest absolute Gasteiger partial charge is 0.168 e. The summed E-state index contributed by atoms with van der Waals surface area (Å²) in [5.74, 6) is 1.98. The molecule has 0 fully saturated rings. The second kappa shape index (κ2) is 5.66. The molecule has 4 nitrogen and oxygen atoms in total. The van der Waals surface area contributed by atoms with Crippen molar-refractivity contribution in [3.63, 3.8) is 0 Å². The van der Waals surface area contributed by atoms with Crippen LogP contribution < -0.4 is 4.74 Å². The quantitative estimate of drug-likeness (QED) is 0.777. The van der Waals surface area contributed by atoms with Gasteiger partial charge >= 0.3 is 0 Å². The van der Waals surface area contributed by atoms with Gasteiger partial charge < -0.3 is 14.4 Å². The van der Waals surface area contributed by atoms with Gasteiger partial charge in [0.05, 0.1) is 0 Å². The largest absolute Gasteiger partial charge is 0.457 e. The number of ether oxygens (including phenoxy) is 1. The van der Waals surface area contributed by atoms with E-state index in [1.54, 1.807) is 19.9 Å². The van der Waals surface area contributed by atoms with Crippen LogP contribution in [0.15, 0.2) is 65.2 Å². The van der Waals surface area contributed by atoms with Crippen LogP contribution in [0.3, 0.4) is 0 Å². The molecule has 0 atom stereocenters. The van der Waals surface area contributed by atoms with Crippen LogP contribution in [-0.4, -0.2) is 10.3 Å². The summed E-state index contributed by atoms with van der Waals surface area (Å²) in [6.45, 7) is 3.32. The normalized spacial score (nSPS) is 11.4. The molecule has 0 saturated heterocycles. The average molecular weight is 295 g/mol. The SMILES string of the molecule is CC(C)(O)c1cc(-c2ccc(Oc3ccccc3)cc2)no1. The molecule has 1 heterocycles. The van der Waals surface area contributed by atoms with Crippen LogP contribution >= 0.6 is 0 Å². The van der Waals surface area contributed by atoms with Gasteiger partial charge in [0, 0.05) is 11.6 Å². The van der Waals surface area contributed by atoms with E-state index >= 15 is 0 Å². The summed E-state index contributed by atoms with van der Waals surface area (Å²) >= 11 is 0. The topological polar surface area (TPSA) is 55.5 Å². The van der Waals surface area contributed by atoms with Crippen LogP contribution in [0.2, 0.25) is 0 Å². The average Bonchev–Trinajstić information content (AvgIpc) is 2.99. The summed E-state index contributed by atoms with van der Waals surface area (Å²) < 4.78 is 10.9. The van der Waals surface area contributed by atoms with Gasteiger partial charge in [-0.2, -0.15) is 0 Å². The lowest BCUT2D eigenvalue weighted by Gasteiger charge is -2.11. The molecule has 0 unspecified atom stereocenters. The third-order valence-electron chi connectivity index (χ3n) is 3.24. The minimum absolute atomic E-state index is 0.437. The zero-order chi connectivity index (χ0) is 15.6. The van der Waals surface area contributed by atoms with Gasteiger partial charge in [0.15, 0.2) is 5.76 Å². The molecule has 1 N–H and O–H groups in total. The number of nitrogens with zero attached hydrogens (tertiary/aromatic N) is 1. The second-order valence-corrected chi connectivity index (χ2v) is 5.57. The van der Waals surface area contributed by atoms with Crippen molar-refractivity contribution in [2.45, 2.75) is 19.4 Å². The van der Waals surface area contributed by atoms with Crippen molar-refractivity contribution in [1.82, 2.24) is 5.16 Å². The van der Waals surface area contributed by atoms with Gasteiger partial charge in [-0.3, -0.25) is 0 Å². The van der Waals surface area contributed by atoms with Gasteiger partial charge in [-0.05, 0) is 50.2 Å². The lowest BCUT2D eigenvalue weighted by molar-refractivity contribution is 0.0476. The highest BCUT2D eigenvalue weighted by Crippen LogP contribution is 2.28. The standard InChI is InChI=1S/C18H17NO3/c1-18(2,20)17-12-16(19-22-17)13-8-10-15(11-9-13)21-14-6-4-3-5-7-14/h3-12,20H,1-2H3. The Morgan fingerprint density at radius 3 is 2.18 bits per heavy atom. The molecular weight excluding hydrogens is 278 g/mol. The summed E-state index contributed by atoms with van der Waals surface area (Å²) in [5.41, 5.74) is 0.546. The maximum atomic E-state index is 9.90. The summed E-state index contributed by atoms with van der Waals surface area (Å²) in [7, 11) is 0. The monoisotopic (exact) mass is 295 g/mol. The maximum Gasteiger partial charge on any atom is 0.168 e. The molecule has 0 aliphatic carbocycles. The first kappa shape index (κ1) is 14.4. The highest BCUT2D eigenvalue weighted by atomic mass is 16.5. The molecular formula is C18H17NO3. The Morgan fingerprint density at radius 1 is 0.955 bits per heavy atom. The Bertz CT molecular complexity index is 740. The first-order valence-electron chi connectivity index (χ1n) is 7.05. The predicted molar refractivity (Wildman–Crippen MR) is 83.7 cm³/mol. The summed E-state index contributed by atoms with van der Waals surface area (Å²) in [6, 6.07) is 18.9. The molecule has 0 spiro atoms. The summed E-state index contributed by atoms with van der Waals surface area (Å²) in [5, 5.41) is 13.9. The molecule has 3 rings (SSSR count). The van der Waals surface area contributed by atoms with E-state index in [0.29, 0.717) is 11.5 Å². The number of aromatic nitrogens is 1. The number of para-hydroxylation sites is 1. The number of hydrogen-bond acceptors (Lipinski definition) is 4. The van der Waals surface area contributed by atoms with Crippen LogP contribution in [0.4, 0.5) is 0 Å². The number of rotatable bonds is 4. The second-order valence-electron chi connectivity index (χ2n) is 5.57. The Balaban J connectivity index is 1.78. The minimum Gasteiger partial charge on any atom is -0.457 e. The van der Waals surface area contributed by atoms with E-state index in [1.165, 1.54) is 0 Å². The zero-order valence-corrected chi connectivity index (χ0v) is 12.5. The van der Waals surface area contributed by atoms with E-state index in [4.69, 9.17) is 9.26 Å². The first-order valence-corrected chi connectivity index (χ1v) is 7.05. The third kappa shape index (κ3) is 3.18. The Hall–Kier alpha value is -2.59. The van der Waals surface area contributed by atoms with E-state index in [0.717, 1.165) is 17.1 Å². The van der Waals surface area contributed by atoms with Crippen molar-refractivity contribution in [1.29, 1.82) is 0 Å². The lowest BCUT2D eigenvalue weighted by Crippen LogP contribution is -2.13. The molecule has 0 amide bonds. The predicted octanol–water partition coefficient (Wildman–Crippen LogP) is 4.36. The third-order valence-corrected chi connectivity index (χ3v) is 3.24. The van der Waals surface area contributed by atoms with Gasteiger partial charge in [0.1, 0.15) is 22.8 Å². The van der Waals surface area contributed by atoms with E-state index in [1.807, 2.05) is 54.6 Å². The van der Waals surface area contributed by atoms with Crippen LogP contribution in [0.25, 0.3) is 11.3 Å². The van der Waals surface area contributed by atoms with Crippen LogP contribution in [0, 0.1) is 0 Å². The number of hydrogen-bond donors (Lipinski definition) is 1. The van der Waals surface area contributed by atoms with Crippen molar-refractivity contribution in [2.75, 3.05) is 0 Å². The van der Waals surface area contributed by atoms with E-state index < -0.39 is 5.60 Å². The molecule has 4 heteroatoms. The molecule has 22 heavy (non-hydrogen) atoms.